The topological polar surface area (TPSA) is 70.0 Å². The highest BCUT2D eigenvalue weighted by molar-refractivity contribution is 9.10. The van der Waals surface area contributed by atoms with E-state index in [2.05, 4.69) is 15.9 Å². The number of anilines is 1. The number of hydrogen-bond acceptors (Lipinski definition) is 3. The molecule has 3 N–H and O–H groups in total. The molecule has 0 aliphatic heterocycles. The van der Waals surface area contributed by atoms with Gasteiger partial charge in [0.25, 0.3) is 0 Å². The number of nitrogens with two attached hydrogens (primary N) is 1. The van der Waals surface area contributed by atoms with Gasteiger partial charge >= 0.3 is 0 Å². The van der Waals surface area contributed by atoms with Gasteiger partial charge in [-0.3, -0.25) is 0 Å². The van der Waals surface area contributed by atoms with Crippen molar-refractivity contribution < 1.29 is 5.11 Å². The molecule has 0 fully saturated rings. The third kappa shape index (κ3) is 1.44. The van der Waals surface area contributed by atoms with Gasteiger partial charge in [0.1, 0.15) is 11.8 Å². The van der Waals surface area contributed by atoms with Gasteiger partial charge in [0.2, 0.25) is 0 Å². The van der Waals surface area contributed by atoms with E-state index >= 15 is 0 Å². The Balaban J connectivity index is 3.39. The van der Waals surface area contributed by atoms with Crippen LogP contribution in [0.15, 0.2) is 16.6 Å². The highest BCUT2D eigenvalue weighted by Crippen LogP contribution is 2.27. The molecular formula is C7H5BrN2O. The number of nitriles is 1. The zero-order valence-electron chi connectivity index (χ0n) is 5.50. The third-order valence-electron chi connectivity index (χ3n) is 1.24. The lowest BCUT2D eigenvalue weighted by Gasteiger charge is -2.00. The number of nitrogen functional groups attached to an aromatic ring is 1. The molecule has 1 aromatic rings. The molecule has 11 heavy (non-hydrogen) atoms. The first kappa shape index (κ1) is 7.89. The van der Waals surface area contributed by atoms with Crippen molar-refractivity contribution in [2.24, 2.45) is 0 Å². The van der Waals surface area contributed by atoms with E-state index in [4.69, 9.17) is 16.1 Å². The Hall–Kier alpha value is -1.21. The van der Waals surface area contributed by atoms with Crippen molar-refractivity contribution in [1.82, 2.24) is 0 Å². The summed E-state index contributed by atoms with van der Waals surface area (Å²) >= 11 is 3.12. The predicted octanol–water partition coefficient (Wildman–Crippen LogP) is 1.61. The second kappa shape index (κ2) is 2.81. The smallest absolute Gasteiger partial charge is 0.140 e. The van der Waals surface area contributed by atoms with Crippen molar-refractivity contribution in [3.05, 3.63) is 22.2 Å². The van der Waals surface area contributed by atoms with E-state index in [-0.39, 0.29) is 17.0 Å². The SMILES string of the molecule is N#Cc1cc(Br)cc(O)c1N. The highest BCUT2D eigenvalue weighted by atomic mass is 79.9. The van der Waals surface area contributed by atoms with Gasteiger partial charge in [-0.1, -0.05) is 15.9 Å². The fraction of sp³-hybridized carbons (Fsp3) is 0. The van der Waals surface area contributed by atoms with Crippen LogP contribution >= 0.6 is 15.9 Å². The molecule has 56 valence electrons. The molecule has 0 aromatic heterocycles. The second-order valence-corrected chi connectivity index (χ2v) is 2.91. The number of benzene rings is 1. The molecule has 0 unspecified atom stereocenters. The number of phenolic OH excluding ortho intramolecular Hbond substituents is 1. The van der Waals surface area contributed by atoms with Crippen molar-refractivity contribution in [2.75, 3.05) is 5.73 Å². The lowest BCUT2D eigenvalue weighted by Crippen LogP contribution is -1.90. The van der Waals surface area contributed by atoms with E-state index in [1.165, 1.54) is 6.07 Å². The maximum atomic E-state index is 9.11. The Morgan fingerprint density at radius 3 is 2.73 bits per heavy atom. The zero-order valence-corrected chi connectivity index (χ0v) is 7.09. The highest BCUT2D eigenvalue weighted by Gasteiger charge is 2.04. The maximum absolute atomic E-state index is 9.11. The number of aromatic hydroxyl groups is 1. The van der Waals surface area contributed by atoms with Crippen molar-refractivity contribution >= 4 is 21.6 Å². The van der Waals surface area contributed by atoms with Crippen molar-refractivity contribution in [2.45, 2.75) is 0 Å². The van der Waals surface area contributed by atoms with E-state index in [1.54, 1.807) is 6.07 Å². The van der Waals surface area contributed by atoms with Crippen LogP contribution in [0.5, 0.6) is 5.75 Å². The number of rotatable bonds is 0. The van der Waals surface area contributed by atoms with Crippen LogP contribution in [0.1, 0.15) is 5.56 Å². The maximum Gasteiger partial charge on any atom is 0.140 e. The first-order valence-corrected chi connectivity index (χ1v) is 3.62. The summed E-state index contributed by atoms with van der Waals surface area (Å²) < 4.78 is 0.640. The lowest BCUT2D eigenvalue weighted by atomic mass is 10.2. The van der Waals surface area contributed by atoms with Gasteiger partial charge in [-0.15, -0.1) is 0 Å². The normalized spacial score (nSPS) is 9.09. The summed E-state index contributed by atoms with van der Waals surface area (Å²) in [7, 11) is 0. The second-order valence-electron chi connectivity index (χ2n) is 2.00. The number of phenols is 1. The molecule has 0 aliphatic carbocycles. The van der Waals surface area contributed by atoms with Crippen LogP contribution in [0.3, 0.4) is 0 Å². The molecule has 0 aliphatic rings. The molecule has 1 rings (SSSR count). The van der Waals surface area contributed by atoms with Gasteiger partial charge in [0, 0.05) is 4.47 Å². The standard InChI is InChI=1S/C7H5BrN2O/c8-5-1-4(3-9)7(10)6(11)2-5/h1-2,11H,10H2. The summed E-state index contributed by atoms with van der Waals surface area (Å²) in [4.78, 5) is 0. The van der Waals surface area contributed by atoms with Crippen LogP contribution in [0.2, 0.25) is 0 Å². The van der Waals surface area contributed by atoms with Crippen molar-refractivity contribution in [3.63, 3.8) is 0 Å². The molecule has 0 amide bonds. The van der Waals surface area contributed by atoms with Crippen LogP contribution in [-0.4, -0.2) is 5.11 Å². The van der Waals surface area contributed by atoms with E-state index < -0.39 is 0 Å². The zero-order chi connectivity index (χ0) is 8.43. The summed E-state index contributed by atoms with van der Waals surface area (Å²) in [6.07, 6.45) is 0. The van der Waals surface area contributed by atoms with Crippen LogP contribution in [0.4, 0.5) is 5.69 Å². The quantitative estimate of drug-likeness (QED) is 0.508. The van der Waals surface area contributed by atoms with E-state index in [1.807, 2.05) is 6.07 Å². The largest absolute Gasteiger partial charge is 0.506 e. The van der Waals surface area contributed by atoms with E-state index in [0.717, 1.165) is 0 Å². The van der Waals surface area contributed by atoms with Gasteiger partial charge in [-0.25, -0.2) is 0 Å². The van der Waals surface area contributed by atoms with Crippen LogP contribution in [-0.2, 0) is 0 Å². The fourth-order valence-corrected chi connectivity index (χ4v) is 1.14. The number of nitrogens with zero attached hydrogens (tertiary/aromatic N) is 1. The molecular weight excluding hydrogens is 208 g/mol. The van der Waals surface area contributed by atoms with Crippen molar-refractivity contribution in [3.8, 4) is 11.8 Å². The summed E-state index contributed by atoms with van der Waals surface area (Å²) in [6, 6.07) is 4.85. The summed E-state index contributed by atoms with van der Waals surface area (Å²) in [5, 5.41) is 17.6. The minimum atomic E-state index is -0.0732. The molecule has 0 spiro atoms. The molecule has 0 atom stereocenters. The van der Waals surface area contributed by atoms with Crippen LogP contribution in [0, 0.1) is 11.3 Å². The monoisotopic (exact) mass is 212 g/mol. The predicted molar refractivity (Wildman–Crippen MR) is 44.9 cm³/mol. The third-order valence-corrected chi connectivity index (χ3v) is 1.70. The van der Waals surface area contributed by atoms with E-state index in [9.17, 15) is 0 Å². The minimum Gasteiger partial charge on any atom is -0.506 e. The Morgan fingerprint density at radius 2 is 2.18 bits per heavy atom. The Bertz CT molecular complexity index is 330. The minimum absolute atomic E-state index is 0.0732. The first-order chi connectivity index (χ1) is 5.15. The lowest BCUT2D eigenvalue weighted by molar-refractivity contribution is 0.477. The van der Waals surface area contributed by atoms with Crippen LogP contribution < -0.4 is 5.73 Å². The molecule has 0 bridgehead atoms. The molecule has 0 saturated heterocycles. The molecule has 1 aromatic carbocycles. The number of hydrogen-bond donors (Lipinski definition) is 2. The van der Waals surface area contributed by atoms with Gasteiger partial charge in [-0.05, 0) is 12.1 Å². The average Bonchev–Trinajstić information content (AvgIpc) is 1.96. The Labute approximate surface area is 72.2 Å². The fourth-order valence-electron chi connectivity index (χ4n) is 0.696. The van der Waals surface area contributed by atoms with E-state index in [0.29, 0.717) is 4.47 Å². The van der Waals surface area contributed by atoms with Gasteiger partial charge < -0.3 is 10.8 Å². The first-order valence-electron chi connectivity index (χ1n) is 2.83. The summed E-state index contributed by atoms with van der Waals surface area (Å²) in [5.41, 5.74) is 5.76. The van der Waals surface area contributed by atoms with Crippen LogP contribution in [0.25, 0.3) is 0 Å². The van der Waals surface area contributed by atoms with Gasteiger partial charge in [0.15, 0.2) is 0 Å². The molecule has 3 nitrogen and oxygen atoms in total. The van der Waals surface area contributed by atoms with Crippen molar-refractivity contribution in [1.29, 1.82) is 5.26 Å². The van der Waals surface area contributed by atoms with Gasteiger partial charge in [-0.2, -0.15) is 5.26 Å². The Morgan fingerprint density at radius 1 is 1.55 bits per heavy atom. The van der Waals surface area contributed by atoms with Gasteiger partial charge in [0.05, 0.1) is 11.3 Å². The number of halogens is 1. The Kier molecular flexibility index (Phi) is 2.01. The molecule has 0 heterocycles. The summed E-state index contributed by atoms with van der Waals surface area (Å²) in [6.45, 7) is 0. The summed E-state index contributed by atoms with van der Waals surface area (Å²) in [5.74, 6) is -0.0732. The molecule has 0 radical (unpaired) electrons. The molecule has 0 saturated carbocycles. The average molecular weight is 213 g/mol. The molecule has 4 heteroatoms.